The van der Waals surface area contributed by atoms with Crippen LogP contribution >= 0.6 is 0 Å². The molecular formula is C9H11INO2-. The van der Waals surface area contributed by atoms with E-state index in [1.165, 1.54) is 0 Å². The SMILES string of the molecule is C[I-]OCc1cccc(C(N)=O)c1. The fourth-order valence-electron chi connectivity index (χ4n) is 0.932. The molecule has 0 radical (unpaired) electrons. The molecule has 0 aliphatic carbocycles. The van der Waals surface area contributed by atoms with Crippen molar-refractivity contribution in [3.05, 3.63) is 35.4 Å². The summed E-state index contributed by atoms with van der Waals surface area (Å²) in [7, 11) is 0. The Labute approximate surface area is 88.1 Å². The number of alkyl halides is 1. The van der Waals surface area contributed by atoms with Gasteiger partial charge < -0.3 is 0 Å². The maximum absolute atomic E-state index is 10.8. The first-order chi connectivity index (χ1) is 6.24. The number of halogens is 1. The van der Waals surface area contributed by atoms with Crippen molar-refractivity contribution in [1.82, 2.24) is 0 Å². The van der Waals surface area contributed by atoms with Crippen molar-refractivity contribution in [2.24, 2.45) is 5.73 Å². The molecular weight excluding hydrogens is 281 g/mol. The van der Waals surface area contributed by atoms with E-state index in [9.17, 15) is 4.79 Å². The molecule has 4 heteroatoms. The first-order valence-corrected chi connectivity index (χ1v) is 6.78. The van der Waals surface area contributed by atoms with Crippen LogP contribution in [0.15, 0.2) is 24.3 Å². The van der Waals surface area contributed by atoms with Crippen LogP contribution in [-0.4, -0.2) is 10.8 Å². The molecule has 0 aliphatic rings. The van der Waals surface area contributed by atoms with Crippen molar-refractivity contribution in [3.8, 4) is 0 Å². The quantitative estimate of drug-likeness (QED) is 0.512. The number of primary amides is 1. The second kappa shape index (κ2) is 5.18. The summed E-state index contributed by atoms with van der Waals surface area (Å²) in [6, 6.07) is 7.20. The number of rotatable bonds is 4. The van der Waals surface area contributed by atoms with Gasteiger partial charge >= 0.3 is 88.1 Å². The molecule has 0 heterocycles. The fraction of sp³-hybridized carbons (Fsp3) is 0.222. The minimum absolute atomic E-state index is 0.160. The predicted molar refractivity (Wildman–Crippen MR) is 45.7 cm³/mol. The third kappa shape index (κ3) is 3.31. The van der Waals surface area contributed by atoms with Crippen molar-refractivity contribution in [2.75, 3.05) is 4.93 Å². The van der Waals surface area contributed by atoms with E-state index in [2.05, 4.69) is 0 Å². The molecule has 0 aliphatic heterocycles. The van der Waals surface area contributed by atoms with Crippen LogP contribution in [0.5, 0.6) is 0 Å². The van der Waals surface area contributed by atoms with Crippen molar-refractivity contribution in [3.63, 3.8) is 0 Å². The molecule has 3 nitrogen and oxygen atoms in total. The minimum atomic E-state index is -0.395. The van der Waals surface area contributed by atoms with Crippen molar-refractivity contribution >= 4 is 5.91 Å². The number of amides is 1. The van der Waals surface area contributed by atoms with Crippen molar-refractivity contribution in [1.29, 1.82) is 0 Å². The van der Waals surface area contributed by atoms with Crippen LogP contribution in [0.4, 0.5) is 0 Å². The number of hydrogen-bond donors (Lipinski definition) is 1. The van der Waals surface area contributed by atoms with Gasteiger partial charge in [-0.2, -0.15) is 0 Å². The van der Waals surface area contributed by atoms with E-state index >= 15 is 0 Å². The van der Waals surface area contributed by atoms with Gasteiger partial charge in [0.2, 0.25) is 0 Å². The van der Waals surface area contributed by atoms with Crippen LogP contribution in [0.25, 0.3) is 0 Å². The van der Waals surface area contributed by atoms with Gasteiger partial charge in [-0.3, -0.25) is 0 Å². The van der Waals surface area contributed by atoms with Gasteiger partial charge in [-0.25, -0.2) is 0 Å². The van der Waals surface area contributed by atoms with E-state index in [4.69, 9.17) is 8.80 Å². The number of carbonyl (C=O) groups excluding carboxylic acids is 1. The zero-order valence-electron chi connectivity index (χ0n) is 7.29. The molecule has 0 saturated carbocycles. The molecule has 1 rings (SSSR count). The number of nitrogens with two attached hydrogens (primary N) is 1. The third-order valence-corrected chi connectivity index (χ3v) is 2.48. The summed E-state index contributed by atoms with van der Waals surface area (Å²) in [4.78, 5) is 12.9. The molecule has 0 bridgehead atoms. The molecule has 13 heavy (non-hydrogen) atoms. The normalized spacial score (nSPS) is 10.2. The Morgan fingerprint density at radius 3 is 3.00 bits per heavy atom. The second-order valence-electron chi connectivity index (χ2n) is 2.47. The summed E-state index contributed by atoms with van der Waals surface area (Å²) >= 11 is -0.160. The van der Waals surface area contributed by atoms with Crippen LogP contribution < -0.4 is 27.4 Å². The summed E-state index contributed by atoms with van der Waals surface area (Å²) in [6.07, 6.45) is 0. The van der Waals surface area contributed by atoms with E-state index < -0.39 is 5.91 Å². The molecule has 72 valence electrons. The molecule has 1 amide bonds. The van der Waals surface area contributed by atoms with Crippen LogP contribution in [0.1, 0.15) is 15.9 Å². The molecule has 1 aromatic rings. The van der Waals surface area contributed by atoms with E-state index in [0.717, 1.165) is 5.56 Å². The van der Waals surface area contributed by atoms with Gasteiger partial charge in [0.05, 0.1) is 0 Å². The van der Waals surface area contributed by atoms with Crippen molar-refractivity contribution < 1.29 is 29.5 Å². The molecule has 0 unspecified atom stereocenters. The number of carbonyl (C=O) groups is 1. The predicted octanol–water partition coefficient (Wildman–Crippen LogP) is -2.06. The zero-order valence-corrected chi connectivity index (χ0v) is 9.45. The van der Waals surface area contributed by atoms with E-state index in [-0.39, 0.29) is 21.6 Å². The van der Waals surface area contributed by atoms with Gasteiger partial charge in [-0.15, -0.1) is 0 Å². The monoisotopic (exact) mass is 292 g/mol. The van der Waals surface area contributed by atoms with Crippen LogP contribution in [0.2, 0.25) is 0 Å². The van der Waals surface area contributed by atoms with Gasteiger partial charge in [-0.1, -0.05) is 0 Å². The fourth-order valence-corrected chi connectivity index (χ4v) is 1.60. The Hall–Kier alpha value is -0.620. The summed E-state index contributed by atoms with van der Waals surface area (Å²) in [5.41, 5.74) is 6.67. The summed E-state index contributed by atoms with van der Waals surface area (Å²) in [5.74, 6) is -0.395. The van der Waals surface area contributed by atoms with Gasteiger partial charge in [-0.05, 0) is 0 Å². The number of hydrogen-bond acceptors (Lipinski definition) is 2. The average Bonchev–Trinajstić information content (AvgIpc) is 2.15. The standard InChI is InChI=1S/C9H11INO2/c1-10-13-6-7-3-2-4-8(5-7)9(11)12/h2-5H,6H2,1H3,(H2,11,12)/q-1. The van der Waals surface area contributed by atoms with Crippen LogP contribution in [0.3, 0.4) is 0 Å². The Kier molecular flexibility index (Phi) is 4.17. The zero-order chi connectivity index (χ0) is 9.68. The summed E-state index contributed by atoms with van der Waals surface area (Å²) < 4.78 is 5.31. The van der Waals surface area contributed by atoms with Gasteiger partial charge in [0.15, 0.2) is 0 Å². The molecule has 0 aromatic heterocycles. The first kappa shape index (κ1) is 10.5. The van der Waals surface area contributed by atoms with Crippen LogP contribution in [-0.2, 0) is 9.67 Å². The Morgan fingerprint density at radius 1 is 1.62 bits per heavy atom. The van der Waals surface area contributed by atoms with E-state index in [0.29, 0.717) is 12.2 Å². The van der Waals surface area contributed by atoms with Gasteiger partial charge in [0.1, 0.15) is 0 Å². The van der Waals surface area contributed by atoms with Gasteiger partial charge in [0, 0.05) is 0 Å². The molecule has 2 N–H and O–H groups in total. The summed E-state index contributed by atoms with van der Waals surface area (Å²) in [6.45, 7) is 0.574. The Bertz CT molecular complexity index is 301. The summed E-state index contributed by atoms with van der Waals surface area (Å²) in [5, 5.41) is 0. The average molecular weight is 292 g/mol. The topological polar surface area (TPSA) is 52.3 Å². The molecule has 0 fully saturated rings. The molecule has 0 saturated heterocycles. The second-order valence-corrected chi connectivity index (χ2v) is 3.98. The molecule has 0 spiro atoms. The third-order valence-electron chi connectivity index (χ3n) is 1.54. The molecule has 1 aromatic carbocycles. The van der Waals surface area contributed by atoms with Crippen LogP contribution in [0, 0.1) is 0 Å². The Morgan fingerprint density at radius 2 is 2.38 bits per heavy atom. The van der Waals surface area contributed by atoms with Gasteiger partial charge in [0.25, 0.3) is 0 Å². The Balaban J connectivity index is 2.73. The van der Waals surface area contributed by atoms with Crippen molar-refractivity contribution in [2.45, 2.75) is 6.61 Å². The first-order valence-electron chi connectivity index (χ1n) is 3.74. The number of benzene rings is 1. The van der Waals surface area contributed by atoms with E-state index in [1.54, 1.807) is 12.1 Å². The van der Waals surface area contributed by atoms with E-state index in [1.807, 2.05) is 17.1 Å². The maximum atomic E-state index is 10.8. The molecule has 0 atom stereocenters.